The van der Waals surface area contributed by atoms with Crippen LogP contribution in [0, 0.1) is 19.7 Å². The Kier molecular flexibility index (Phi) is 12.3. The number of methoxy groups -OCH3 is 1. The number of nitrogens with one attached hydrogen (secondary N) is 1. The standard InChI is InChI=1S/C14H16N2O5.C12H17FO/c1-8-6-10(15-12(18)7-13(19)21-3)4-5-11(8)14(16-20)9(2)17;1-4-10-6-12(13)7-11(9(10)3)8-14-5-2/h4-6,20H,7H2,1-3H3,(H,15,18);6-7H,4-5,8H2,1-3H3/b16-14+;. The zero-order valence-electron chi connectivity index (χ0n) is 21.0. The summed E-state index contributed by atoms with van der Waals surface area (Å²) in [5.74, 6) is -1.67. The van der Waals surface area contributed by atoms with Crippen molar-refractivity contribution in [3.8, 4) is 0 Å². The molecule has 2 aromatic carbocycles. The quantitative estimate of drug-likeness (QED) is 0.177. The Balaban J connectivity index is 0.000000379. The highest BCUT2D eigenvalue weighted by Crippen LogP contribution is 2.18. The highest BCUT2D eigenvalue weighted by Gasteiger charge is 2.14. The third-order valence-electron chi connectivity index (χ3n) is 5.16. The molecule has 0 aliphatic heterocycles. The molecule has 0 saturated heterocycles. The molecule has 0 atom stereocenters. The van der Waals surface area contributed by atoms with E-state index in [9.17, 15) is 18.8 Å². The topological polar surface area (TPSA) is 114 Å². The minimum Gasteiger partial charge on any atom is -0.469 e. The Labute approximate surface area is 205 Å². The molecule has 0 spiro atoms. The molecule has 9 heteroatoms. The summed E-state index contributed by atoms with van der Waals surface area (Å²) in [6.45, 7) is 10.2. The average molecular weight is 489 g/mol. The second-order valence-corrected chi connectivity index (χ2v) is 7.68. The molecule has 2 rings (SSSR count). The van der Waals surface area contributed by atoms with Gasteiger partial charge in [0.15, 0.2) is 11.5 Å². The molecule has 0 heterocycles. The maximum absolute atomic E-state index is 13.2. The molecule has 2 N–H and O–H groups in total. The number of hydrogen-bond donors (Lipinski definition) is 2. The molecule has 0 unspecified atom stereocenters. The van der Waals surface area contributed by atoms with Gasteiger partial charge in [0.2, 0.25) is 5.91 Å². The van der Waals surface area contributed by atoms with Crippen molar-refractivity contribution >= 4 is 29.1 Å². The van der Waals surface area contributed by atoms with Crippen LogP contribution in [-0.4, -0.2) is 42.3 Å². The first-order valence-electron chi connectivity index (χ1n) is 11.1. The summed E-state index contributed by atoms with van der Waals surface area (Å²) < 4.78 is 22.8. The van der Waals surface area contributed by atoms with Crippen LogP contribution >= 0.6 is 0 Å². The van der Waals surface area contributed by atoms with Crippen LogP contribution in [0.4, 0.5) is 10.1 Å². The molecule has 1 amide bonds. The smallest absolute Gasteiger partial charge is 0.315 e. The summed E-state index contributed by atoms with van der Waals surface area (Å²) in [6.07, 6.45) is 0.483. The summed E-state index contributed by atoms with van der Waals surface area (Å²) in [5, 5.41) is 14.4. The number of nitrogens with zero attached hydrogens (tertiary/aromatic N) is 1. The van der Waals surface area contributed by atoms with Gasteiger partial charge in [0.1, 0.15) is 12.2 Å². The maximum Gasteiger partial charge on any atom is 0.315 e. The molecule has 35 heavy (non-hydrogen) atoms. The van der Waals surface area contributed by atoms with Gasteiger partial charge in [-0.3, -0.25) is 14.4 Å². The number of hydrogen-bond acceptors (Lipinski definition) is 7. The van der Waals surface area contributed by atoms with Crippen molar-refractivity contribution in [1.29, 1.82) is 0 Å². The number of ether oxygens (including phenoxy) is 2. The lowest BCUT2D eigenvalue weighted by Gasteiger charge is -2.10. The second-order valence-electron chi connectivity index (χ2n) is 7.68. The lowest BCUT2D eigenvalue weighted by atomic mass is 10.0. The number of Topliss-reactive ketones (excluding diaryl/α,β-unsaturated/α-hetero) is 1. The van der Waals surface area contributed by atoms with Gasteiger partial charge in [-0.25, -0.2) is 4.39 Å². The van der Waals surface area contributed by atoms with Crippen LogP contribution in [0.15, 0.2) is 35.5 Å². The molecule has 0 aliphatic rings. The van der Waals surface area contributed by atoms with Gasteiger partial charge in [0.05, 0.1) is 13.7 Å². The molecule has 0 bridgehead atoms. The fraction of sp³-hybridized carbons (Fsp3) is 0.385. The predicted octanol–water partition coefficient (Wildman–Crippen LogP) is 4.50. The average Bonchev–Trinajstić information content (AvgIpc) is 2.81. The number of aryl methyl sites for hydroxylation is 2. The number of halogens is 1. The zero-order valence-corrected chi connectivity index (χ0v) is 21.0. The van der Waals surface area contributed by atoms with Crippen LogP contribution in [0.2, 0.25) is 0 Å². The van der Waals surface area contributed by atoms with E-state index in [2.05, 4.69) is 15.2 Å². The summed E-state index contributed by atoms with van der Waals surface area (Å²) in [4.78, 5) is 33.9. The van der Waals surface area contributed by atoms with Crippen LogP contribution in [0.25, 0.3) is 0 Å². The molecule has 2 aromatic rings. The summed E-state index contributed by atoms with van der Waals surface area (Å²) in [7, 11) is 1.20. The number of anilines is 1. The third kappa shape index (κ3) is 9.29. The number of rotatable bonds is 9. The molecule has 8 nitrogen and oxygen atoms in total. The first-order valence-corrected chi connectivity index (χ1v) is 11.1. The van der Waals surface area contributed by atoms with E-state index in [0.29, 0.717) is 30.0 Å². The van der Waals surface area contributed by atoms with Crippen molar-refractivity contribution in [2.45, 2.75) is 54.1 Å². The number of ketones is 1. The molecule has 0 fully saturated rings. The van der Waals surface area contributed by atoms with Crippen molar-refractivity contribution in [2.75, 3.05) is 19.0 Å². The lowest BCUT2D eigenvalue weighted by Crippen LogP contribution is -2.18. The number of esters is 1. The molecule has 0 aromatic heterocycles. The highest BCUT2D eigenvalue weighted by atomic mass is 19.1. The largest absolute Gasteiger partial charge is 0.469 e. The second kappa shape index (κ2) is 14.6. The fourth-order valence-corrected chi connectivity index (χ4v) is 3.26. The van der Waals surface area contributed by atoms with Gasteiger partial charge in [-0.15, -0.1) is 0 Å². The first kappa shape index (κ1) is 29.4. The Morgan fingerprint density at radius 2 is 1.74 bits per heavy atom. The molecular weight excluding hydrogens is 455 g/mol. The number of amides is 1. The SMILES string of the molecule is CCOCc1cc(F)cc(CC)c1C.COC(=O)CC(=O)Nc1ccc(/C(=N/O)C(C)=O)c(C)c1. The van der Waals surface area contributed by atoms with Crippen LogP contribution in [0.1, 0.15) is 55.0 Å². The van der Waals surface area contributed by atoms with Crippen molar-refractivity contribution in [1.82, 2.24) is 0 Å². The summed E-state index contributed by atoms with van der Waals surface area (Å²) in [6, 6.07) is 7.87. The Morgan fingerprint density at radius 3 is 2.26 bits per heavy atom. The molecule has 0 radical (unpaired) electrons. The van der Waals surface area contributed by atoms with E-state index in [1.807, 2.05) is 20.8 Å². The van der Waals surface area contributed by atoms with Gasteiger partial charge >= 0.3 is 5.97 Å². The molecule has 0 aliphatic carbocycles. The van der Waals surface area contributed by atoms with Crippen molar-refractivity contribution in [3.05, 3.63) is 64.0 Å². The van der Waals surface area contributed by atoms with Crippen LogP contribution in [0.5, 0.6) is 0 Å². The van der Waals surface area contributed by atoms with Gasteiger partial charge in [0.25, 0.3) is 0 Å². The molecule has 190 valence electrons. The Morgan fingerprint density at radius 1 is 1.09 bits per heavy atom. The first-order chi connectivity index (χ1) is 16.6. The monoisotopic (exact) mass is 488 g/mol. The Bertz CT molecular complexity index is 1080. The van der Waals surface area contributed by atoms with Gasteiger partial charge < -0.3 is 20.0 Å². The van der Waals surface area contributed by atoms with Gasteiger partial charge in [-0.1, -0.05) is 18.1 Å². The van der Waals surface area contributed by atoms with E-state index in [1.165, 1.54) is 14.0 Å². The number of oxime groups is 1. The van der Waals surface area contributed by atoms with E-state index in [4.69, 9.17) is 9.94 Å². The number of carbonyl (C=O) groups excluding carboxylic acids is 3. The van der Waals surface area contributed by atoms with Gasteiger partial charge in [-0.05, 0) is 73.7 Å². The number of carbonyl (C=O) groups is 3. The van der Waals surface area contributed by atoms with Crippen LogP contribution < -0.4 is 5.32 Å². The van der Waals surface area contributed by atoms with E-state index >= 15 is 0 Å². The highest BCUT2D eigenvalue weighted by molar-refractivity contribution is 6.45. The van der Waals surface area contributed by atoms with E-state index < -0.39 is 11.9 Å². The van der Waals surface area contributed by atoms with Crippen LogP contribution in [0.3, 0.4) is 0 Å². The Hall–Kier alpha value is -3.59. The zero-order chi connectivity index (χ0) is 26.5. The van der Waals surface area contributed by atoms with Crippen molar-refractivity contribution in [2.24, 2.45) is 5.16 Å². The molecular formula is C26H33FN2O6. The summed E-state index contributed by atoms with van der Waals surface area (Å²) in [5.41, 5.74) is 4.71. The van der Waals surface area contributed by atoms with Crippen LogP contribution in [-0.2, 0) is 36.9 Å². The predicted molar refractivity (Wildman–Crippen MR) is 131 cm³/mol. The molecule has 0 saturated carbocycles. The summed E-state index contributed by atoms with van der Waals surface area (Å²) >= 11 is 0. The maximum atomic E-state index is 13.2. The van der Waals surface area contributed by atoms with Crippen molar-refractivity contribution < 1.29 is 33.5 Å². The van der Waals surface area contributed by atoms with Crippen molar-refractivity contribution in [3.63, 3.8) is 0 Å². The normalized spacial score (nSPS) is 10.8. The third-order valence-corrected chi connectivity index (χ3v) is 5.16. The van der Waals surface area contributed by atoms with E-state index in [-0.39, 0.29) is 23.7 Å². The number of benzene rings is 2. The van der Waals surface area contributed by atoms with Gasteiger partial charge in [-0.2, -0.15) is 0 Å². The minimum atomic E-state index is -0.632. The van der Waals surface area contributed by atoms with Gasteiger partial charge in [0, 0.05) is 24.8 Å². The fourth-order valence-electron chi connectivity index (χ4n) is 3.26. The van der Waals surface area contributed by atoms with E-state index in [0.717, 1.165) is 23.1 Å². The lowest BCUT2D eigenvalue weighted by molar-refractivity contribution is -0.142. The van der Waals surface area contributed by atoms with E-state index in [1.54, 1.807) is 37.3 Å². The minimum absolute atomic E-state index is 0.0556.